The fourth-order valence-corrected chi connectivity index (χ4v) is 1.64. The number of nitro groups is 1. The molecule has 1 aromatic heterocycles. The molecule has 1 amide bonds. The highest BCUT2D eigenvalue weighted by molar-refractivity contribution is 6.33. The van der Waals surface area contributed by atoms with Gasteiger partial charge in [0.2, 0.25) is 0 Å². The zero-order valence-electron chi connectivity index (χ0n) is 10.0. The Hall–Kier alpha value is -2.67. The van der Waals surface area contributed by atoms with E-state index >= 15 is 0 Å². The van der Waals surface area contributed by atoms with Gasteiger partial charge in [-0.2, -0.15) is 0 Å². The van der Waals surface area contributed by atoms with Gasteiger partial charge in [0, 0.05) is 24.0 Å². The monoisotopic (exact) mass is 292 g/mol. The number of nitrogen functional groups attached to an aromatic ring is 1. The first-order valence-electron chi connectivity index (χ1n) is 5.44. The van der Waals surface area contributed by atoms with Crippen LogP contribution >= 0.6 is 11.6 Å². The van der Waals surface area contributed by atoms with Crippen LogP contribution in [0.15, 0.2) is 36.5 Å². The molecule has 1 aromatic carbocycles. The van der Waals surface area contributed by atoms with E-state index in [-0.39, 0.29) is 22.1 Å². The third kappa shape index (κ3) is 3.01. The number of benzene rings is 1. The molecule has 1 heterocycles. The topological polar surface area (TPSA) is 111 Å². The summed E-state index contributed by atoms with van der Waals surface area (Å²) in [5.74, 6) is -0.363. The molecule has 3 N–H and O–H groups in total. The van der Waals surface area contributed by atoms with Crippen molar-refractivity contribution in [1.29, 1.82) is 0 Å². The predicted molar refractivity (Wildman–Crippen MR) is 74.7 cm³/mol. The van der Waals surface area contributed by atoms with Gasteiger partial charge in [0.1, 0.15) is 5.82 Å². The number of amides is 1. The Labute approximate surface area is 118 Å². The number of pyridine rings is 1. The molecule has 0 aliphatic heterocycles. The maximum atomic E-state index is 11.9. The van der Waals surface area contributed by atoms with E-state index in [2.05, 4.69) is 10.3 Å². The van der Waals surface area contributed by atoms with Gasteiger partial charge in [0.15, 0.2) is 0 Å². The van der Waals surface area contributed by atoms with Crippen molar-refractivity contribution in [2.24, 2.45) is 0 Å². The third-order valence-electron chi connectivity index (χ3n) is 2.45. The lowest BCUT2D eigenvalue weighted by Gasteiger charge is -2.05. The molecule has 0 fully saturated rings. The minimum atomic E-state index is -0.544. The molecule has 0 saturated carbocycles. The lowest BCUT2D eigenvalue weighted by atomic mass is 10.2. The summed E-state index contributed by atoms with van der Waals surface area (Å²) in [6, 6.07) is 6.97. The zero-order valence-corrected chi connectivity index (χ0v) is 10.8. The Balaban J connectivity index is 2.21. The molecule has 0 saturated heterocycles. The summed E-state index contributed by atoms with van der Waals surface area (Å²) in [5, 5.41) is 13.3. The van der Waals surface area contributed by atoms with Crippen LogP contribution in [-0.4, -0.2) is 15.8 Å². The van der Waals surface area contributed by atoms with Crippen molar-refractivity contribution >= 4 is 34.7 Å². The van der Waals surface area contributed by atoms with Crippen molar-refractivity contribution in [3.63, 3.8) is 0 Å². The number of aromatic nitrogens is 1. The summed E-state index contributed by atoms with van der Waals surface area (Å²) in [7, 11) is 0. The molecule has 0 radical (unpaired) electrons. The molecule has 0 aliphatic carbocycles. The summed E-state index contributed by atoms with van der Waals surface area (Å²) < 4.78 is 0. The Morgan fingerprint density at radius 2 is 2.15 bits per heavy atom. The second kappa shape index (κ2) is 5.54. The lowest BCUT2D eigenvalue weighted by Crippen LogP contribution is -2.12. The molecule has 2 aromatic rings. The molecular formula is C12H9ClN4O3. The quantitative estimate of drug-likeness (QED) is 0.667. The van der Waals surface area contributed by atoms with Gasteiger partial charge in [0.25, 0.3) is 11.6 Å². The van der Waals surface area contributed by atoms with E-state index in [1.807, 2.05) is 0 Å². The number of hydrogen-bond donors (Lipinski definition) is 2. The number of non-ortho nitro benzene ring substituents is 1. The molecular weight excluding hydrogens is 284 g/mol. The molecule has 2 rings (SSSR count). The molecule has 102 valence electrons. The number of carbonyl (C=O) groups is 1. The van der Waals surface area contributed by atoms with Gasteiger partial charge in [-0.1, -0.05) is 17.7 Å². The van der Waals surface area contributed by atoms with Crippen LogP contribution in [0.25, 0.3) is 0 Å². The van der Waals surface area contributed by atoms with Crippen molar-refractivity contribution in [1.82, 2.24) is 4.98 Å². The first-order valence-corrected chi connectivity index (χ1v) is 5.82. The van der Waals surface area contributed by atoms with Crippen LogP contribution in [0, 0.1) is 10.1 Å². The van der Waals surface area contributed by atoms with Crippen molar-refractivity contribution in [2.75, 3.05) is 11.1 Å². The van der Waals surface area contributed by atoms with Crippen LogP contribution in [-0.2, 0) is 0 Å². The average Bonchev–Trinajstić information content (AvgIpc) is 2.42. The molecule has 0 unspecified atom stereocenters. The number of nitrogens with one attached hydrogen (secondary N) is 1. The predicted octanol–water partition coefficient (Wildman–Crippen LogP) is 2.48. The average molecular weight is 293 g/mol. The number of carbonyl (C=O) groups excluding carboxylic acids is 1. The van der Waals surface area contributed by atoms with E-state index < -0.39 is 10.8 Å². The van der Waals surface area contributed by atoms with Crippen LogP contribution in [0.5, 0.6) is 0 Å². The molecule has 20 heavy (non-hydrogen) atoms. The molecule has 0 aliphatic rings. The number of halogens is 1. The SMILES string of the molecule is Nc1ncc(C(=O)Nc2cccc([N+](=O)[O-])c2)cc1Cl. The van der Waals surface area contributed by atoms with Crippen LogP contribution in [0.2, 0.25) is 5.02 Å². The Kier molecular flexibility index (Phi) is 3.81. The number of nitrogens with zero attached hydrogens (tertiary/aromatic N) is 2. The maximum absolute atomic E-state index is 11.9. The van der Waals surface area contributed by atoms with E-state index in [0.29, 0.717) is 5.69 Å². The Bertz CT molecular complexity index is 690. The minimum absolute atomic E-state index is 0.115. The second-order valence-corrected chi connectivity index (χ2v) is 4.26. The lowest BCUT2D eigenvalue weighted by molar-refractivity contribution is -0.384. The first-order chi connectivity index (χ1) is 9.47. The van der Waals surface area contributed by atoms with Crippen molar-refractivity contribution in [3.05, 3.63) is 57.2 Å². The molecule has 8 heteroatoms. The maximum Gasteiger partial charge on any atom is 0.271 e. The number of hydrogen-bond acceptors (Lipinski definition) is 5. The Morgan fingerprint density at radius 1 is 1.40 bits per heavy atom. The van der Waals surface area contributed by atoms with E-state index in [9.17, 15) is 14.9 Å². The highest BCUT2D eigenvalue weighted by Gasteiger charge is 2.11. The van der Waals surface area contributed by atoms with Crippen molar-refractivity contribution in [3.8, 4) is 0 Å². The standard InChI is InChI=1S/C12H9ClN4O3/c13-10-4-7(6-15-11(10)14)12(18)16-8-2-1-3-9(5-8)17(19)20/h1-6H,(H2,14,15)(H,16,18). The van der Waals surface area contributed by atoms with Crippen LogP contribution in [0.3, 0.4) is 0 Å². The fourth-order valence-electron chi connectivity index (χ4n) is 1.47. The Morgan fingerprint density at radius 3 is 2.80 bits per heavy atom. The minimum Gasteiger partial charge on any atom is -0.382 e. The second-order valence-electron chi connectivity index (χ2n) is 3.85. The van der Waals surface area contributed by atoms with Gasteiger partial charge < -0.3 is 11.1 Å². The number of nitrogens with two attached hydrogens (primary N) is 1. The molecule has 0 bridgehead atoms. The molecule has 0 spiro atoms. The molecule has 0 atom stereocenters. The summed E-state index contributed by atoms with van der Waals surface area (Å²) in [4.78, 5) is 25.8. The number of nitro benzene ring substituents is 1. The number of anilines is 2. The zero-order chi connectivity index (χ0) is 14.7. The summed E-state index contributed by atoms with van der Waals surface area (Å²) >= 11 is 5.77. The first kappa shape index (κ1) is 13.8. The van der Waals surface area contributed by atoms with Crippen LogP contribution in [0.1, 0.15) is 10.4 Å². The van der Waals surface area contributed by atoms with Gasteiger partial charge in [-0.3, -0.25) is 14.9 Å². The van der Waals surface area contributed by atoms with E-state index in [4.69, 9.17) is 17.3 Å². The van der Waals surface area contributed by atoms with Crippen LogP contribution in [0.4, 0.5) is 17.2 Å². The van der Waals surface area contributed by atoms with Crippen molar-refractivity contribution in [2.45, 2.75) is 0 Å². The third-order valence-corrected chi connectivity index (χ3v) is 2.75. The van der Waals surface area contributed by atoms with E-state index in [0.717, 1.165) is 0 Å². The van der Waals surface area contributed by atoms with Gasteiger partial charge in [-0.25, -0.2) is 4.98 Å². The van der Waals surface area contributed by atoms with Gasteiger partial charge in [-0.05, 0) is 12.1 Å². The highest BCUT2D eigenvalue weighted by atomic mass is 35.5. The molecule has 7 nitrogen and oxygen atoms in total. The highest BCUT2D eigenvalue weighted by Crippen LogP contribution is 2.20. The van der Waals surface area contributed by atoms with E-state index in [1.165, 1.54) is 36.5 Å². The summed E-state index contributed by atoms with van der Waals surface area (Å²) in [5.41, 5.74) is 5.84. The van der Waals surface area contributed by atoms with Gasteiger partial charge >= 0.3 is 0 Å². The smallest absolute Gasteiger partial charge is 0.271 e. The van der Waals surface area contributed by atoms with Gasteiger partial charge in [-0.15, -0.1) is 0 Å². The van der Waals surface area contributed by atoms with Gasteiger partial charge in [0.05, 0.1) is 15.5 Å². The fraction of sp³-hybridized carbons (Fsp3) is 0. The number of rotatable bonds is 3. The van der Waals surface area contributed by atoms with E-state index in [1.54, 1.807) is 0 Å². The summed E-state index contributed by atoms with van der Waals surface area (Å²) in [6.45, 7) is 0. The normalized spacial score (nSPS) is 10.1. The summed E-state index contributed by atoms with van der Waals surface area (Å²) in [6.07, 6.45) is 1.27. The largest absolute Gasteiger partial charge is 0.382 e. The van der Waals surface area contributed by atoms with Crippen LogP contribution < -0.4 is 11.1 Å². The van der Waals surface area contributed by atoms with Crippen molar-refractivity contribution < 1.29 is 9.72 Å².